The van der Waals surface area contributed by atoms with Gasteiger partial charge in [0.05, 0.1) is 5.60 Å². The van der Waals surface area contributed by atoms with Crippen LogP contribution in [-0.4, -0.2) is 32.0 Å². The van der Waals surface area contributed by atoms with Crippen molar-refractivity contribution in [2.24, 2.45) is 23.5 Å². The van der Waals surface area contributed by atoms with Crippen LogP contribution in [0.4, 0.5) is 0 Å². The summed E-state index contributed by atoms with van der Waals surface area (Å²) in [7, 11) is 0. The summed E-state index contributed by atoms with van der Waals surface area (Å²) in [5.74, 6) is 2.51. The average Bonchev–Trinajstić information content (AvgIpc) is 2.88. The molecule has 0 bridgehead atoms. The minimum absolute atomic E-state index is 0.156. The van der Waals surface area contributed by atoms with Crippen molar-refractivity contribution in [3.05, 3.63) is 0 Å². The molecule has 3 aliphatic rings. The van der Waals surface area contributed by atoms with Crippen LogP contribution < -0.4 is 5.73 Å². The molecule has 2 saturated heterocycles. The highest BCUT2D eigenvalue weighted by Gasteiger charge is 2.43. The Bertz CT molecular complexity index is 270. The predicted octanol–water partition coefficient (Wildman–Crippen LogP) is 2.34. The van der Waals surface area contributed by atoms with Crippen LogP contribution in [-0.2, 0) is 9.47 Å². The standard InChI is InChI=1S/C15H27NO2/c16-11-13-2-1-3-14(13)12-4-7-18-15(10-12)5-8-17-9-6-15/h12-14H,1-11,16H2. The third-order valence-electron chi connectivity index (χ3n) is 5.56. The lowest BCUT2D eigenvalue weighted by atomic mass is 9.72. The summed E-state index contributed by atoms with van der Waals surface area (Å²) < 4.78 is 11.7. The molecule has 1 saturated carbocycles. The maximum Gasteiger partial charge on any atom is 0.0729 e. The van der Waals surface area contributed by atoms with Gasteiger partial charge in [0.1, 0.15) is 0 Å². The SMILES string of the molecule is NCC1CCCC1C1CCOC2(CCOCC2)C1. The summed E-state index contributed by atoms with van der Waals surface area (Å²) in [5.41, 5.74) is 6.11. The lowest BCUT2D eigenvalue weighted by molar-refractivity contribution is -0.154. The molecule has 3 rings (SSSR count). The van der Waals surface area contributed by atoms with E-state index in [4.69, 9.17) is 15.2 Å². The minimum Gasteiger partial charge on any atom is -0.381 e. The van der Waals surface area contributed by atoms with Crippen molar-refractivity contribution >= 4 is 0 Å². The van der Waals surface area contributed by atoms with E-state index in [9.17, 15) is 0 Å². The van der Waals surface area contributed by atoms with Crippen molar-refractivity contribution < 1.29 is 9.47 Å². The first-order chi connectivity index (χ1) is 8.83. The summed E-state index contributed by atoms with van der Waals surface area (Å²) >= 11 is 0. The Kier molecular flexibility index (Phi) is 3.92. The molecule has 104 valence electrons. The van der Waals surface area contributed by atoms with Gasteiger partial charge in [-0.15, -0.1) is 0 Å². The topological polar surface area (TPSA) is 44.5 Å². The second-order valence-corrected chi connectivity index (χ2v) is 6.49. The average molecular weight is 253 g/mol. The van der Waals surface area contributed by atoms with Crippen LogP contribution >= 0.6 is 0 Å². The Morgan fingerprint density at radius 1 is 1.06 bits per heavy atom. The van der Waals surface area contributed by atoms with Crippen LogP contribution in [0.15, 0.2) is 0 Å². The third-order valence-corrected chi connectivity index (χ3v) is 5.56. The van der Waals surface area contributed by atoms with E-state index in [1.807, 2.05) is 0 Å². The van der Waals surface area contributed by atoms with E-state index in [1.54, 1.807) is 0 Å². The summed E-state index contributed by atoms with van der Waals surface area (Å²) in [6, 6.07) is 0. The largest absolute Gasteiger partial charge is 0.381 e. The molecule has 3 atom stereocenters. The van der Waals surface area contributed by atoms with Crippen LogP contribution in [0.3, 0.4) is 0 Å². The number of ether oxygens (including phenoxy) is 2. The summed E-state index contributed by atoms with van der Waals surface area (Å²) in [4.78, 5) is 0. The number of nitrogens with two attached hydrogens (primary N) is 1. The molecular weight excluding hydrogens is 226 g/mol. The van der Waals surface area contributed by atoms with Crippen molar-refractivity contribution in [1.29, 1.82) is 0 Å². The van der Waals surface area contributed by atoms with Gasteiger partial charge < -0.3 is 15.2 Å². The third kappa shape index (κ3) is 2.45. The molecule has 3 heteroatoms. The molecule has 2 aliphatic heterocycles. The Labute approximate surface area is 110 Å². The maximum atomic E-state index is 6.15. The first-order valence-corrected chi connectivity index (χ1v) is 7.75. The van der Waals surface area contributed by atoms with Gasteiger partial charge in [0.25, 0.3) is 0 Å². The molecule has 1 spiro atoms. The fraction of sp³-hybridized carbons (Fsp3) is 1.00. The molecule has 0 aromatic carbocycles. The summed E-state index contributed by atoms with van der Waals surface area (Å²) in [5, 5.41) is 0. The first kappa shape index (κ1) is 12.9. The van der Waals surface area contributed by atoms with Crippen molar-refractivity contribution in [3.8, 4) is 0 Å². The van der Waals surface area contributed by atoms with Crippen LogP contribution in [0.25, 0.3) is 0 Å². The Morgan fingerprint density at radius 2 is 1.89 bits per heavy atom. The van der Waals surface area contributed by atoms with Crippen molar-refractivity contribution in [2.45, 2.75) is 50.5 Å². The zero-order valence-corrected chi connectivity index (χ0v) is 11.4. The predicted molar refractivity (Wildman–Crippen MR) is 71.3 cm³/mol. The number of hydrogen-bond donors (Lipinski definition) is 1. The zero-order valence-electron chi connectivity index (χ0n) is 11.4. The van der Waals surface area contributed by atoms with Crippen LogP contribution in [0.1, 0.15) is 44.9 Å². The Morgan fingerprint density at radius 3 is 2.67 bits per heavy atom. The monoisotopic (exact) mass is 253 g/mol. The van der Waals surface area contributed by atoms with E-state index < -0.39 is 0 Å². The van der Waals surface area contributed by atoms with E-state index in [0.29, 0.717) is 0 Å². The molecule has 0 radical (unpaired) electrons. The summed E-state index contributed by atoms with van der Waals surface area (Å²) in [6.45, 7) is 3.62. The lowest BCUT2D eigenvalue weighted by Gasteiger charge is -2.45. The fourth-order valence-electron chi connectivity index (χ4n) is 4.50. The zero-order chi connectivity index (χ0) is 12.4. The normalized spacial score (nSPS) is 40.2. The van der Waals surface area contributed by atoms with Gasteiger partial charge in [-0.25, -0.2) is 0 Å². The van der Waals surface area contributed by atoms with Gasteiger partial charge >= 0.3 is 0 Å². The van der Waals surface area contributed by atoms with E-state index in [0.717, 1.165) is 57.0 Å². The molecular formula is C15H27NO2. The molecule has 3 fully saturated rings. The van der Waals surface area contributed by atoms with Gasteiger partial charge in [0, 0.05) is 19.8 Å². The lowest BCUT2D eigenvalue weighted by Crippen LogP contribution is -2.46. The minimum atomic E-state index is 0.156. The molecule has 18 heavy (non-hydrogen) atoms. The van der Waals surface area contributed by atoms with Crippen LogP contribution in [0.5, 0.6) is 0 Å². The van der Waals surface area contributed by atoms with Gasteiger partial charge in [-0.1, -0.05) is 6.42 Å². The van der Waals surface area contributed by atoms with Crippen molar-refractivity contribution in [2.75, 3.05) is 26.4 Å². The Balaban J connectivity index is 1.66. The van der Waals surface area contributed by atoms with Gasteiger partial charge in [0.15, 0.2) is 0 Å². The maximum absolute atomic E-state index is 6.15. The molecule has 3 unspecified atom stereocenters. The molecule has 0 aromatic rings. The van der Waals surface area contributed by atoms with Gasteiger partial charge in [-0.05, 0) is 62.8 Å². The van der Waals surface area contributed by atoms with Gasteiger partial charge in [-0.2, -0.15) is 0 Å². The molecule has 1 aliphatic carbocycles. The van der Waals surface area contributed by atoms with Crippen molar-refractivity contribution in [3.63, 3.8) is 0 Å². The smallest absolute Gasteiger partial charge is 0.0729 e. The first-order valence-electron chi connectivity index (χ1n) is 7.75. The molecule has 0 aromatic heterocycles. The van der Waals surface area contributed by atoms with E-state index >= 15 is 0 Å². The highest BCUT2D eigenvalue weighted by Crippen LogP contribution is 2.46. The molecule has 0 amide bonds. The quantitative estimate of drug-likeness (QED) is 0.821. The second kappa shape index (κ2) is 5.48. The molecule has 2 N–H and O–H groups in total. The highest BCUT2D eigenvalue weighted by molar-refractivity contribution is 4.93. The number of rotatable bonds is 2. The van der Waals surface area contributed by atoms with E-state index in [2.05, 4.69) is 0 Å². The van der Waals surface area contributed by atoms with Crippen LogP contribution in [0, 0.1) is 17.8 Å². The second-order valence-electron chi connectivity index (χ2n) is 6.49. The van der Waals surface area contributed by atoms with Gasteiger partial charge in [-0.3, -0.25) is 0 Å². The van der Waals surface area contributed by atoms with E-state index in [-0.39, 0.29) is 5.60 Å². The molecule has 3 nitrogen and oxygen atoms in total. The molecule has 2 heterocycles. The Hall–Kier alpha value is -0.120. The van der Waals surface area contributed by atoms with Crippen LogP contribution in [0.2, 0.25) is 0 Å². The highest BCUT2D eigenvalue weighted by atomic mass is 16.5. The van der Waals surface area contributed by atoms with E-state index in [1.165, 1.54) is 32.1 Å². The summed E-state index contributed by atoms with van der Waals surface area (Å²) in [6.07, 6.45) is 8.86. The van der Waals surface area contributed by atoms with Crippen molar-refractivity contribution in [1.82, 2.24) is 0 Å². The van der Waals surface area contributed by atoms with Gasteiger partial charge in [0.2, 0.25) is 0 Å². The fourth-order valence-corrected chi connectivity index (χ4v) is 4.50. The number of hydrogen-bond acceptors (Lipinski definition) is 3.